The van der Waals surface area contributed by atoms with Gasteiger partial charge in [-0.1, -0.05) is 20.8 Å². The van der Waals surface area contributed by atoms with Gasteiger partial charge in [0.25, 0.3) is 0 Å². The molecular formula is C10H18N4OS. The second-order valence-corrected chi connectivity index (χ2v) is 6.04. The zero-order chi connectivity index (χ0) is 12.6. The fourth-order valence-corrected chi connectivity index (χ4v) is 1.82. The Kier molecular flexibility index (Phi) is 3.23. The van der Waals surface area contributed by atoms with E-state index in [9.17, 15) is 4.79 Å². The summed E-state index contributed by atoms with van der Waals surface area (Å²) < 4.78 is 4.25. The molecule has 1 amide bonds. The maximum atomic E-state index is 11.1. The van der Waals surface area contributed by atoms with Gasteiger partial charge in [0.1, 0.15) is 11.4 Å². The summed E-state index contributed by atoms with van der Waals surface area (Å²) in [6.07, 6.45) is 0. The number of carbonyl (C=O) groups excluding carboxylic acids is 1. The molecule has 5 nitrogen and oxygen atoms in total. The summed E-state index contributed by atoms with van der Waals surface area (Å²) in [5, 5.41) is 3.60. The second-order valence-electron chi connectivity index (χ2n) is 5.29. The summed E-state index contributed by atoms with van der Waals surface area (Å²) in [7, 11) is 0. The molecule has 0 aliphatic rings. The summed E-state index contributed by atoms with van der Waals surface area (Å²) in [6.45, 7) is 9.55. The lowest BCUT2D eigenvalue weighted by atomic mass is 9.96. The van der Waals surface area contributed by atoms with Gasteiger partial charge in [0.05, 0.1) is 0 Å². The normalized spacial score (nSPS) is 12.6. The number of carbonyl (C=O) groups is 1. The van der Waals surface area contributed by atoms with Crippen molar-refractivity contribution in [2.45, 2.75) is 45.6 Å². The first-order chi connectivity index (χ1) is 7.13. The van der Waals surface area contributed by atoms with E-state index >= 15 is 0 Å². The van der Waals surface area contributed by atoms with Crippen LogP contribution in [0.4, 0.5) is 5.13 Å². The molecule has 0 bridgehead atoms. The van der Waals surface area contributed by atoms with Gasteiger partial charge in [0.2, 0.25) is 11.0 Å². The Hall–Kier alpha value is -1.17. The van der Waals surface area contributed by atoms with Crippen molar-refractivity contribution in [3.05, 3.63) is 5.82 Å². The molecule has 0 unspecified atom stereocenters. The van der Waals surface area contributed by atoms with Gasteiger partial charge >= 0.3 is 0 Å². The summed E-state index contributed by atoms with van der Waals surface area (Å²) in [4.78, 5) is 15.5. The Morgan fingerprint density at radius 1 is 1.31 bits per heavy atom. The highest BCUT2D eigenvalue weighted by atomic mass is 32.1. The van der Waals surface area contributed by atoms with E-state index in [1.54, 1.807) is 13.8 Å². The molecule has 0 aliphatic heterocycles. The lowest BCUT2D eigenvalue weighted by Gasteiger charge is -2.21. The molecule has 90 valence electrons. The fraction of sp³-hybridized carbons (Fsp3) is 0.700. The maximum Gasteiger partial charge on any atom is 0.242 e. The monoisotopic (exact) mass is 242 g/mol. The Morgan fingerprint density at radius 3 is 2.25 bits per heavy atom. The molecule has 0 radical (unpaired) electrons. The van der Waals surface area contributed by atoms with Crippen LogP contribution >= 0.6 is 11.5 Å². The lowest BCUT2D eigenvalue weighted by molar-refractivity contribution is -0.121. The van der Waals surface area contributed by atoms with Crippen molar-refractivity contribution in [3.8, 4) is 0 Å². The van der Waals surface area contributed by atoms with Crippen LogP contribution in [0.25, 0.3) is 0 Å². The predicted octanol–water partition coefficient (Wildman–Crippen LogP) is 1.51. The minimum Gasteiger partial charge on any atom is -0.368 e. The van der Waals surface area contributed by atoms with Gasteiger partial charge in [-0.3, -0.25) is 4.79 Å². The van der Waals surface area contributed by atoms with Crippen molar-refractivity contribution < 1.29 is 4.79 Å². The summed E-state index contributed by atoms with van der Waals surface area (Å²) >= 11 is 1.24. The van der Waals surface area contributed by atoms with Crippen LogP contribution in [-0.2, 0) is 10.2 Å². The van der Waals surface area contributed by atoms with Gasteiger partial charge in [-0.2, -0.15) is 4.37 Å². The molecule has 16 heavy (non-hydrogen) atoms. The molecule has 1 heterocycles. The third-order valence-corrected chi connectivity index (χ3v) is 2.76. The average Bonchev–Trinajstić information content (AvgIpc) is 2.50. The van der Waals surface area contributed by atoms with Gasteiger partial charge in [-0.25, -0.2) is 4.98 Å². The smallest absolute Gasteiger partial charge is 0.242 e. The number of hydrogen-bond donors (Lipinski definition) is 2. The van der Waals surface area contributed by atoms with E-state index in [1.807, 2.05) is 20.8 Å². The number of nitrogens with two attached hydrogens (primary N) is 1. The lowest BCUT2D eigenvalue weighted by Crippen LogP contribution is -2.45. The maximum absolute atomic E-state index is 11.1. The number of hydrogen-bond acceptors (Lipinski definition) is 5. The van der Waals surface area contributed by atoms with Gasteiger partial charge in [-0.15, -0.1) is 0 Å². The molecule has 6 heteroatoms. The van der Waals surface area contributed by atoms with Crippen molar-refractivity contribution in [3.63, 3.8) is 0 Å². The first-order valence-electron chi connectivity index (χ1n) is 5.05. The Morgan fingerprint density at radius 2 is 1.88 bits per heavy atom. The molecule has 1 rings (SSSR count). The van der Waals surface area contributed by atoms with E-state index in [1.165, 1.54) is 11.5 Å². The number of nitrogens with one attached hydrogen (secondary N) is 1. The molecule has 0 atom stereocenters. The van der Waals surface area contributed by atoms with Crippen LogP contribution in [0.1, 0.15) is 40.4 Å². The van der Waals surface area contributed by atoms with Crippen LogP contribution in [-0.4, -0.2) is 20.8 Å². The standard InChI is InChI=1S/C10H18N4OS/c1-9(2,3)7-12-8(16-14-7)13-10(4,5)6(11)15/h1-5H3,(H2,11,15)(H,12,13,14). The van der Waals surface area contributed by atoms with Gasteiger partial charge in [0, 0.05) is 16.9 Å². The third kappa shape index (κ3) is 2.91. The number of nitrogens with zero attached hydrogens (tertiary/aromatic N) is 2. The molecule has 0 spiro atoms. The zero-order valence-electron chi connectivity index (χ0n) is 10.3. The second kappa shape index (κ2) is 4.01. The Labute approximate surface area is 99.6 Å². The summed E-state index contributed by atoms with van der Waals surface area (Å²) in [5.41, 5.74) is 4.36. The highest BCUT2D eigenvalue weighted by Gasteiger charge is 2.27. The first kappa shape index (κ1) is 12.9. The van der Waals surface area contributed by atoms with Crippen molar-refractivity contribution >= 4 is 22.6 Å². The molecular weight excluding hydrogens is 224 g/mol. The van der Waals surface area contributed by atoms with E-state index in [4.69, 9.17) is 5.73 Å². The molecule has 0 saturated carbocycles. The van der Waals surface area contributed by atoms with Crippen LogP contribution in [0, 0.1) is 0 Å². The van der Waals surface area contributed by atoms with Crippen LogP contribution in [0.3, 0.4) is 0 Å². The minimum absolute atomic E-state index is 0.0900. The first-order valence-corrected chi connectivity index (χ1v) is 5.82. The van der Waals surface area contributed by atoms with Gasteiger partial charge in [0.15, 0.2) is 0 Å². The van der Waals surface area contributed by atoms with Crippen LogP contribution < -0.4 is 11.1 Å². The van der Waals surface area contributed by atoms with Crippen molar-refractivity contribution in [2.24, 2.45) is 5.73 Å². The number of anilines is 1. The Balaban J connectivity index is 2.85. The molecule has 0 aromatic carbocycles. The SMILES string of the molecule is CC(C)(Nc1nc(C(C)(C)C)ns1)C(N)=O. The molecule has 0 fully saturated rings. The van der Waals surface area contributed by atoms with Crippen molar-refractivity contribution in [2.75, 3.05) is 5.32 Å². The van der Waals surface area contributed by atoms with E-state index in [2.05, 4.69) is 14.7 Å². The van der Waals surface area contributed by atoms with Crippen LogP contribution in [0.15, 0.2) is 0 Å². The number of aromatic nitrogens is 2. The summed E-state index contributed by atoms with van der Waals surface area (Å²) in [5.74, 6) is 0.347. The largest absolute Gasteiger partial charge is 0.368 e. The molecule has 1 aromatic rings. The van der Waals surface area contributed by atoms with Crippen molar-refractivity contribution in [1.29, 1.82) is 0 Å². The van der Waals surface area contributed by atoms with Crippen LogP contribution in [0.5, 0.6) is 0 Å². The highest BCUT2D eigenvalue weighted by Crippen LogP contribution is 2.24. The minimum atomic E-state index is -0.811. The molecule has 0 saturated heterocycles. The van der Waals surface area contributed by atoms with E-state index in [-0.39, 0.29) is 5.41 Å². The van der Waals surface area contributed by atoms with Crippen molar-refractivity contribution in [1.82, 2.24) is 9.36 Å². The Bertz CT molecular complexity index is 392. The van der Waals surface area contributed by atoms with E-state index < -0.39 is 11.4 Å². The van der Waals surface area contributed by atoms with Gasteiger partial charge < -0.3 is 11.1 Å². The van der Waals surface area contributed by atoms with E-state index in [0.717, 1.165) is 5.82 Å². The zero-order valence-corrected chi connectivity index (χ0v) is 11.1. The third-order valence-electron chi connectivity index (χ3n) is 2.13. The number of rotatable bonds is 3. The number of primary amides is 1. The molecule has 1 aromatic heterocycles. The van der Waals surface area contributed by atoms with E-state index in [0.29, 0.717) is 5.13 Å². The fourth-order valence-electron chi connectivity index (χ4n) is 0.908. The average molecular weight is 242 g/mol. The quantitative estimate of drug-likeness (QED) is 0.842. The predicted molar refractivity (Wildman–Crippen MR) is 65.5 cm³/mol. The van der Waals surface area contributed by atoms with Crippen LogP contribution in [0.2, 0.25) is 0 Å². The molecule has 3 N–H and O–H groups in total. The van der Waals surface area contributed by atoms with Gasteiger partial charge in [-0.05, 0) is 13.8 Å². The highest BCUT2D eigenvalue weighted by molar-refractivity contribution is 7.09. The topological polar surface area (TPSA) is 80.9 Å². The number of amides is 1. The molecule has 0 aliphatic carbocycles. The summed E-state index contributed by atoms with van der Waals surface area (Å²) in [6, 6.07) is 0.